The normalized spacial score (nSPS) is 32.6. The molecule has 0 radical (unpaired) electrons. The average molecular weight is 299 g/mol. The van der Waals surface area contributed by atoms with Crippen LogP contribution < -0.4 is 10.5 Å². The van der Waals surface area contributed by atoms with Crippen LogP contribution >= 0.6 is 0 Å². The molecule has 5 heteroatoms. The summed E-state index contributed by atoms with van der Waals surface area (Å²) in [5.74, 6) is -0.452. The first-order valence-electron chi connectivity index (χ1n) is 7.41. The highest BCUT2D eigenvalue weighted by Gasteiger charge is 2.48. The summed E-state index contributed by atoms with van der Waals surface area (Å²) in [5.41, 5.74) is 7.81. The van der Waals surface area contributed by atoms with Crippen molar-refractivity contribution < 1.29 is 17.9 Å². The molecule has 0 aromatic heterocycles. The average Bonchev–Trinajstić information content (AvgIpc) is 2.39. The van der Waals surface area contributed by atoms with Gasteiger partial charge in [0, 0.05) is 18.0 Å². The van der Waals surface area contributed by atoms with Gasteiger partial charge in [-0.25, -0.2) is 0 Å². The number of fused-ring (bicyclic) bond motifs is 1. The summed E-state index contributed by atoms with van der Waals surface area (Å²) < 4.78 is 44.5. The Kier molecular flexibility index (Phi) is 3.43. The second-order valence-electron chi connectivity index (χ2n) is 6.45. The Morgan fingerprint density at radius 2 is 1.90 bits per heavy atom. The van der Waals surface area contributed by atoms with Crippen molar-refractivity contribution in [3.63, 3.8) is 0 Å². The predicted molar refractivity (Wildman–Crippen MR) is 74.1 cm³/mol. The first kappa shape index (κ1) is 14.7. The number of aryl methyl sites for hydroxylation is 1. The third-order valence-electron chi connectivity index (χ3n) is 4.84. The van der Waals surface area contributed by atoms with Crippen molar-refractivity contribution in [2.75, 3.05) is 0 Å². The number of alkyl halides is 3. The summed E-state index contributed by atoms with van der Waals surface area (Å²) >= 11 is 0. The van der Waals surface area contributed by atoms with Crippen LogP contribution in [0.3, 0.4) is 0 Å². The zero-order valence-corrected chi connectivity index (χ0v) is 12.0. The van der Waals surface area contributed by atoms with Crippen molar-refractivity contribution in [2.45, 2.75) is 56.8 Å². The molecular formula is C16H20F3NO. The van der Waals surface area contributed by atoms with Crippen LogP contribution in [-0.4, -0.2) is 11.8 Å². The highest BCUT2D eigenvalue weighted by molar-refractivity contribution is 5.41. The number of ether oxygens (including phenoxy) is 1. The number of nitrogens with two attached hydrogens (primary N) is 1. The van der Waals surface area contributed by atoms with E-state index in [0.29, 0.717) is 19.3 Å². The van der Waals surface area contributed by atoms with Gasteiger partial charge in [0.25, 0.3) is 0 Å². The van der Waals surface area contributed by atoms with Crippen molar-refractivity contribution in [3.05, 3.63) is 29.3 Å². The van der Waals surface area contributed by atoms with Crippen LogP contribution in [0.5, 0.6) is 5.75 Å². The standard InChI is InChI=1S/C16H20F3NO/c1-10-2-3-14-12(8-10)13(20)9-15(21-14)6-4-11(5-7-15)16(17,18)19/h2-3,8,11,13H,4-7,9,20H2,1H3/t11?,13-,15?/m1/s1. The zero-order chi connectivity index (χ0) is 15.3. The molecule has 0 amide bonds. The maximum Gasteiger partial charge on any atom is 0.391 e. The van der Waals surface area contributed by atoms with Gasteiger partial charge in [0.05, 0.1) is 5.92 Å². The molecule has 0 saturated heterocycles. The molecule has 1 saturated carbocycles. The fourth-order valence-corrected chi connectivity index (χ4v) is 3.61. The van der Waals surface area contributed by atoms with Gasteiger partial charge in [-0.2, -0.15) is 13.2 Å². The second-order valence-corrected chi connectivity index (χ2v) is 6.45. The molecule has 1 aromatic carbocycles. The number of hydrogen-bond donors (Lipinski definition) is 1. The zero-order valence-electron chi connectivity index (χ0n) is 12.0. The molecule has 1 aliphatic heterocycles. The molecule has 1 aromatic rings. The van der Waals surface area contributed by atoms with Crippen LogP contribution in [0.25, 0.3) is 0 Å². The van der Waals surface area contributed by atoms with E-state index in [4.69, 9.17) is 10.5 Å². The molecule has 1 spiro atoms. The first-order valence-corrected chi connectivity index (χ1v) is 7.41. The van der Waals surface area contributed by atoms with E-state index in [-0.39, 0.29) is 18.9 Å². The Morgan fingerprint density at radius 3 is 2.52 bits per heavy atom. The molecule has 1 atom stereocenters. The summed E-state index contributed by atoms with van der Waals surface area (Å²) in [4.78, 5) is 0. The predicted octanol–water partition coefficient (Wildman–Crippen LogP) is 4.27. The van der Waals surface area contributed by atoms with E-state index < -0.39 is 17.7 Å². The van der Waals surface area contributed by atoms with Gasteiger partial charge in [-0.15, -0.1) is 0 Å². The lowest BCUT2D eigenvalue weighted by atomic mass is 9.73. The van der Waals surface area contributed by atoms with Crippen LogP contribution in [0, 0.1) is 12.8 Å². The van der Waals surface area contributed by atoms with Gasteiger partial charge < -0.3 is 10.5 Å². The molecule has 116 valence electrons. The quantitative estimate of drug-likeness (QED) is 0.776. The summed E-state index contributed by atoms with van der Waals surface area (Å²) in [7, 11) is 0. The molecule has 1 fully saturated rings. The van der Waals surface area contributed by atoms with E-state index in [1.807, 2.05) is 25.1 Å². The van der Waals surface area contributed by atoms with Gasteiger partial charge in [0.1, 0.15) is 11.4 Å². The monoisotopic (exact) mass is 299 g/mol. The third-order valence-corrected chi connectivity index (χ3v) is 4.84. The lowest BCUT2D eigenvalue weighted by Crippen LogP contribution is -2.47. The number of rotatable bonds is 0. The highest BCUT2D eigenvalue weighted by Crippen LogP contribution is 2.49. The summed E-state index contributed by atoms with van der Waals surface area (Å²) in [6, 6.07) is 5.69. The Balaban J connectivity index is 1.79. The second kappa shape index (κ2) is 4.90. The van der Waals surface area contributed by atoms with Crippen molar-refractivity contribution >= 4 is 0 Å². The number of benzene rings is 1. The van der Waals surface area contributed by atoms with Crippen molar-refractivity contribution in [2.24, 2.45) is 11.7 Å². The number of hydrogen-bond acceptors (Lipinski definition) is 2. The van der Waals surface area contributed by atoms with E-state index in [1.165, 1.54) is 0 Å². The van der Waals surface area contributed by atoms with E-state index in [2.05, 4.69) is 0 Å². The minimum Gasteiger partial charge on any atom is -0.487 e. The van der Waals surface area contributed by atoms with Gasteiger partial charge in [0.2, 0.25) is 0 Å². The van der Waals surface area contributed by atoms with Crippen LogP contribution in [0.2, 0.25) is 0 Å². The Labute approximate surface area is 122 Å². The Morgan fingerprint density at radius 1 is 1.24 bits per heavy atom. The van der Waals surface area contributed by atoms with E-state index in [0.717, 1.165) is 16.9 Å². The van der Waals surface area contributed by atoms with E-state index in [9.17, 15) is 13.2 Å². The molecule has 2 nitrogen and oxygen atoms in total. The summed E-state index contributed by atoms with van der Waals surface area (Å²) in [6.45, 7) is 1.99. The molecule has 0 bridgehead atoms. The lowest BCUT2D eigenvalue weighted by Gasteiger charge is -2.45. The van der Waals surface area contributed by atoms with E-state index >= 15 is 0 Å². The molecule has 21 heavy (non-hydrogen) atoms. The van der Waals surface area contributed by atoms with Gasteiger partial charge >= 0.3 is 6.18 Å². The molecular weight excluding hydrogens is 279 g/mol. The van der Waals surface area contributed by atoms with Gasteiger partial charge in [-0.1, -0.05) is 17.7 Å². The molecule has 2 N–H and O–H groups in total. The largest absolute Gasteiger partial charge is 0.487 e. The van der Waals surface area contributed by atoms with Crippen molar-refractivity contribution in [1.29, 1.82) is 0 Å². The molecule has 0 unspecified atom stereocenters. The molecule has 2 aliphatic rings. The maximum atomic E-state index is 12.8. The lowest BCUT2D eigenvalue weighted by molar-refractivity contribution is -0.191. The van der Waals surface area contributed by atoms with Crippen molar-refractivity contribution in [3.8, 4) is 5.75 Å². The maximum absolute atomic E-state index is 12.8. The van der Waals surface area contributed by atoms with Crippen LogP contribution in [-0.2, 0) is 0 Å². The number of halogens is 3. The minimum absolute atomic E-state index is 0.136. The molecule has 1 heterocycles. The molecule has 3 rings (SSSR count). The van der Waals surface area contributed by atoms with Gasteiger partial charge in [-0.3, -0.25) is 0 Å². The molecule has 1 aliphatic carbocycles. The van der Waals surface area contributed by atoms with Crippen LogP contribution in [0.1, 0.15) is 49.3 Å². The smallest absolute Gasteiger partial charge is 0.391 e. The fourth-order valence-electron chi connectivity index (χ4n) is 3.61. The minimum atomic E-state index is -4.09. The van der Waals surface area contributed by atoms with Crippen LogP contribution in [0.15, 0.2) is 18.2 Å². The Hall–Kier alpha value is -1.23. The van der Waals surface area contributed by atoms with Crippen LogP contribution in [0.4, 0.5) is 13.2 Å². The highest BCUT2D eigenvalue weighted by atomic mass is 19.4. The van der Waals surface area contributed by atoms with Crippen molar-refractivity contribution in [1.82, 2.24) is 0 Å². The van der Waals surface area contributed by atoms with Gasteiger partial charge in [-0.05, 0) is 38.7 Å². The summed E-state index contributed by atoms with van der Waals surface area (Å²) in [6.07, 6.45) is -2.35. The Bertz CT molecular complexity index is 533. The first-order chi connectivity index (χ1) is 9.79. The SMILES string of the molecule is Cc1ccc2c(c1)[C@H](N)CC1(CCC(C(F)(F)F)CC1)O2. The van der Waals surface area contributed by atoms with E-state index in [1.54, 1.807) is 0 Å². The fraction of sp³-hybridized carbons (Fsp3) is 0.625. The summed E-state index contributed by atoms with van der Waals surface area (Å²) in [5, 5.41) is 0. The van der Waals surface area contributed by atoms with Gasteiger partial charge in [0.15, 0.2) is 0 Å². The third kappa shape index (κ3) is 2.76. The topological polar surface area (TPSA) is 35.2 Å².